The van der Waals surface area contributed by atoms with Gasteiger partial charge in [-0.05, 0) is 59.5 Å². The number of ether oxygens (including phenoxy) is 1. The molecule has 0 radical (unpaired) electrons. The second kappa shape index (κ2) is 9.88. The van der Waals surface area contributed by atoms with E-state index in [1.54, 1.807) is 6.07 Å². The van der Waals surface area contributed by atoms with Crippen LogP contribution in [0.5, 0.6) is 5.75 Å². The van der Waals surface area contributed by atoms with Gasteiger partial charge in [0.05, 0.1) is 16.5 Å². The molecule has 8 nitrogen and oxygen atoms in total. The van der Waals surface area contributed by atoms with Gasteiger partial charge in [0.15, 0.2) is 0 Å². The summed E-state index contributed by atoms with van der Waals surface area (Å²) in [6, 6.07) is 13.8. The molecule has 0 unspecified atom stereocenters. The fourth-order valence-corrected chi connectivity index (χ4v) is 6.93. The van der Waals surface area contributed by atoms with E-state index in [0.29, 0.717) is 30.1 Å². The number of hydrogen-bond acceptors (Lipinski definition) is 6. The van der Waals surface area contributed by atoms with Crippen LogP contribution in [-0.2, 0) is 40.7 Å². The van der Waals surface area contributed by atoms with Gasteiger partial charge in [-0.3, -0.25) is 9.59 Å². The van der Waals surface area contributed by atoms with E-state index in [1.807, 2.05) is 12.1 Å². The third-order valence-electron chi connectivity index (χ3n) is 6.23. The maximum Gasteiger partial charge on any atom is 0.251 e. The van der Waals surface area contributed by atoms with Gasteiger partial charge in [0.25, 0.3) is 5.91 Å². The first-order valence-electron chi connectivity index (χ1n) is 11.5. The average molecular weight is 524 g/mol. The number of fused-ring (bicyclic) bond motifs is 2. The van der Waals surface area contributed by atoms with Crippen LogP contribution in [0.1, 0.15) is 31.9 Å². The predicted octanol–water partition coefficient (Wildman–Crippen LogP) is 3.48. The number of rotatable bonds is 8. The molecule has 0 saturated carbocycles. The lowest BCUT2D eigenvalue weighted by Gasteiger charge is -2.16. The lowest BCUT2D eigenvalue weighted by atomic mass is 10.1. The van der Waals surface area contributed by atoms with Crippen LogP contribution in [0.15, 0.2) is 66.1 Å². The Morgan fingerprint density at radius 1 is 1.11 bits per heavy atom. The van der Waals surface area contributed by atoms with Crippen molar-refractivity contribution >= 4 is 38.2 Å². The van der Waals surface area contributed by atoms with Gasteiger partial charge in [0, 0.05) is 36.5 Å². The summed E-state index contributed by atoms with van der Waals surface area (Å²) in [6.07, 6.45) is 2.75. The van der Waals surface area contributed by atoms with Gasteiger partial charge in [0.2, 0.25) is 15.9 Å². The minimum absolute atomic E-state index is 0.131. The second-order valence-corrected chi connectivity index (χ2v) is 11.6. The van der Waals surface area contributed by atoms with Crippen LogP contribution in [0.25, 0.3) is 0 Å². The molecule has 3 aromatic rings. The topological polar surface area (TPSA) is 105 Å². The highest BCUT2D eigenvalue weighted by Crippen LogP contribution is 2.37. The Bertz CT molecular complexity index is 1420. The predicted molar refractivity (Wildman–Crippen MR) is 138 cm³/mol. The van der Waals surface area contributed by atoms with Gasteiger partial charge in [-0.15, -0.1) is 11.3 Å². The normalized spacial score (nSPS) is 14.6. The molecule has 10 heteroatoms. The lowest BCUT2D eigenvalue weighted by Crippen LogP contribution is -2.27. The molecule has 1 aromatic heterocycles. The monoisotopic (exact) mass is 523 g/mol. The highest BCUT2D eigenvalue weighted by Gasteiger charge is 2.32. The van der Waals surface area contributed by atoms with Crippen LogP contribution in [0.2, 0.25) is 0 Å². The van der Waals surface area contributed by atoms with Crippen LogP contribution in [0, 0.1) is 0 Å². The van der Waals surface area contributed by atoms with Crippen molar-refractivity contribution in [2.45, 2.75) is 30.8 Å². The van der Waals surface area contributed by atoms with E-state index in [1.165, 1.54) is 51.5 Å². The molecule has 0 spiro atoms. The molecule has 2 aromatic carbocycles. The number of para-hydroxylation sites is 1. The first-order valence-corrected chi connectivity index (χ1v) is 13.8. The molecule has 0 aliphatic carbocycles. The van der Waals surface area contributed by atoms with Crippen LogP contribution < -0.4 is 15.4 Å². The van der Waals surface area contributed by atoms with Gasteiger partial charge in [-0.2, -0.15) is 4.31 Å². The number of thiophene rings is 1. The van der Waals surface area contributed by atoms with Gasteiger partial charge < -0.3 is 15.4 Å². The van der Waals surface area contributed by atoms with E-state index >= 15 is 0 Å². The average Bonchev–Trinajstić information content (AvgIpc) is 3.59. The van der Waals surface area contributed by atoms with Crippen LogP contribution in [0.3, 0.4) is 0 Å². The minimum Gasteiger partial charge on any atom is -0.493 e. The zero-order valence-corrected chi connectivity index (χ0v) is 21.1. The molecule has 5 rings (SSSR count). The first-order chi connectivity index (χ1) is 17.3. The second-order valence-electron chi connectivity index (χ2n) is 8.56. The smallest absolute Gasteiger partial charge is 0.251 e. The number of sulfonamides is 1. The van der Waals surface area contributed by atoms with Crippen molar-refractivity contribution in [2.75, 3.05) is 18.5 Å². The molecule has 3 heterocycles. The molecule has 2 aliphatic rings. The number of carbonyl (C=O) groups is 2. The molecule has 2 N–H and O–H groups in total. The minimum atomic E-state index is -3.73. The van der Waals surface area contributed by atoms with E-state index in [0.717, 1.165) is 28.2 Å². The summed E-state index contributed by atoms with van der Waals surface area (Å²) in [5, 5.41) is 6.27. The third kappa shape index (κ3) is 4.79. The van der Waals surface area contributed by atoms with Crippen molar-refractivity contribution in [1.29, 1.82) is 0 Å². The largest absolute Gasteiger partial charge is 0.493 e. The fourth-order valence-electron chi connectivity index (χ4n) is 4.36. The van der Waals surface area contributed by atoms with Crippen molar-refractivity contribution in [3.63, 3.8) is 0 Å². The summed E-state index contributed by atoms with van der Waals surface area (Å²) < 4.78 is 33.4. The van der Waals surface area contributed by atoms with Gasteiger partial charge >= 0.3 is 0 Å². The Morgan fingerprint density at radius 3 is 2.67 bits per heavy atom. The van der Waals surface area contributed by atoms with Crippen molar-refractivity contribution < 1.29 is 22.7 Å². The van der Waals surface area contributed by atoms with Gasteiger partial charge in [-0.1, -0.05) is 24.8 Å². The summed E-state index contributed by atoms with van der Waals surface area (Å²) in [7, 11) is -3.73. The molecule has 0 bridgehead atoms. The number of benzene rings is 2. The van der Waals surface area contributed by atoms with Crippen molar-refractivity contribution in [1.82, 2.24) is 9.62 Å². The van der Waals surface area contributed by atoms with Crippen molar-refractivity contribution in [3.05, 3.63) is 88.3 Å². The summed E-state index contributed by atoms with van der Waals surface area (Å²) in [5.74, 6) is 0.362. The van der Waals surface area contributed by atoms with E-state index in [9.17, 15) is 18.0 Å². The molecule has 36 heavy (non-hydrogen) atoms. The molecule has 0 atom stereocenters. The SMILES string of the molecule is C=CC(=O)Nc1cc2c(s1)CN(S(=O)(=O)c1ccc(C(=O)NCCc3cccc4c3OCC4)cc1)C2. The Morgan fingerprint density at radius 2 is 1.92 bits per heavy atom. The lowest BCUT2D eigenvalue weighted by molar-refractivity contribution is -0.111. The maximum absolute atomic E-state index is 13.1. The third-order valence-corrected chi connectivity index (χ3v) is 9.11. The van der Waals surface area contributed by atoms with Gasteiger partial charge in [0.1, 0.15) is 5.75 Å². The Hall–Kier alpha value is -3.47. The molecule has 2 aliphatic heterocycles. The number of carbonyl (C=O) groups excluding carboxylic acids is 2. The van der Waals surface area contributed by atoms with Gasteiger partial charge in [-0.25, -0.2) is 8.42 Å². The number of anilines is 1. The highest BCUT2D eigenvalue weighted by molar-refractivity contribution is 7.89. The Balaban J connectivity index is 1.18. The van der Waals surface area contributed by atoms with Crippen LogP contribution >= 0.6 is 11.3 Å². The quantitative estimate of drug-likeness (QED) is 0.440. The maximum atomic E-state index is 13.1. The molecule has 0 saturated heterocycles. The standard InChI is InChI=1S/C26H25N3O5S2/c1-2-23(30)28-24-14-20-15-29(16-22(20)35-24)36(32,33)21-8-6-19(7-9-21)26(31)27-12-10-17-4-3-5-18-11-13-34-25(17)18/h2-9,14H,1,10-13,15-16H2,(H,27,31)(H,28,30). The van der Waals surface area contributed by atoms with E-state index < -0.39 is 10.0 Å². The van der Waals surface area contributed by atoms with E-state index in [4.69, 9.17) is 4.74 Å². The molecular formula is C26H25N3O5S2. The molecular weight excluding hydrogens is 498 g/mol. The highest BCUT2D eigenvalue weighted by atomic mass is 32.2. The van der Waals surface area contributed by atoms with E-state index in [2.05, 4.69) is 23.3 Å². The summed E-state index contributed by atoms with van der Waals surface area (Å²) in [6.45, 7) is 5.03. The number of nitrogens with one attached hydrogen (secondary N) is 2. The number of amides is 2. The van der Waals surface area contributed by atoms with E-state index in [-0.39, 0.29) is 29.8 Å². The number of hydrogen-bond donors (Lipinski definition) is 2. The molecule has 2 amide bonds. The first kappa shape index (κ1) is 24.2. The van der Waals surface area contributed by atoms with Crippen molar-refractivity contribution in [2.24, 2.45) is 0 Å². The summed E-state index contributed by atoms with van der Waals surface area (Å²) >= 11 is 1.35. The van der Waals surface area contributed by atoms with Crippen LogP contribution in [0.4, 0.5) is 5.00 Å². The molecule has 0 fully saturated rings. The summed E-state index contributed by atoms with van der Waals surface area (Å²) in [5.41, 5.74) is 3.53. The molecule has 186 valence electrons. The Labute approximate surface area is 213 Å². The fraction of sp³-hybridized carbons (Fsp3) is 0.231. The Kier molecular flexibility index (Phi) is 6.65. The van der Waals surface area contributed by atoms with Crippen LogP contribution in [-0.4, -0.2) is 37.7 Å². The zero-order valence-electron chi connectivity index (χ0n) is 19.5. The zero-order chi connectivity index (χ0) is 25.3. The number of nitrogens with zero attached hydrogens (tertiary/aromatic N) is 1. The van der Waals surface area contributed by atoms with Crippen molar-refractivity contribution in [3.8, 4) is 5.75 Å². The summed E-state index contributed by atoms with van der Waals surface area (Å²) in [4.78, 5) is 25.1.